The van der Waals surface area contributed by atoms with Crippen LogP contribution in [0.2, 0.25) is 0 Å². The molecule has 0 fully saturated rings. The van der Waals surface area contributed by atoms with E-state index < -0.39 is 5.67 Å². The summed E-state index contributed by atoms with van der Waals surface area (Å²) in [5.41, 5.74) is 3.19. The van der Waals surface area contributed by atoms with Crippen molar-refractivity contribution in [3.05, 3.63) is 54.1 Å². The molecule has 0 aliphatic rings. The minimum absolute atomic E-state index is 0.317. The summed E-state index contributed by atoms with van der Waals surface area (Å²) in [5.74, 6) is 0. The average Bonchev–Trinajstić information content (AvgIpc) is 2.34. The van der Waals surface area contributed by atoms with Crippen LogP contribution in [0.15, 0.2) is 48.0 Å². The van der Waals surface area contributed by atoms with Gasteiger partial charge in [-0.25, -0.2) is 4.39 Å². The van der Waals surface area contributed by atoms with Crippen LogP contribution in [0.5, 0.6) is 0 Å². The lowest BCUT2D eigenvalue weighted by Crippen LogP contribution is -2.17. The fraction of sp³-hybridized carbons (Fsp3) is 0.353. The van der Waals surface area contributed by atoms with Gasteiger partial charge in [-0.15, -0.1) is 0 Å². The zero-order valence-electron chi connectivity index (χ0n) is 12.3. The molecule has 102 valence electrons. The molecule has 0 aliphatic heterocycles. The minimum atomic E-state index is -1.38. The van der Waals surface area contributed by atoms with Crippen molar-refractivity contribution in [2.75, 3.05) is 6.54 Å². The summed E-state index contributed by atoms with van der Waals surface area (Å²) in [7, 11) is 0. The third-order valence-electron chi connectivity index (χ3n) is 3.14. The number of alkyl halides is 1. The van der Waals surface area contributed by atoms with E-state index in [4.69, 9.17) is 0 Å². The molecule has 19 heavy (non-hydrogen) atoms. The van der Waals surface area contributed by atoms with Gasteiger partial charge in [-0.1, -0.05) is 43.0 Å². The summed E-state index contributed by atoms with van der Waals surface area (Å²) in [6, 6.07) is 8.05. The highest BCUT2D eigenvalue weighted by Gasteiger charge is 2.19. The van der Waals surface area contributed by atoms with Crippen molar-refractivity contribution in [1.29, 1.82) is 0 Å². The molecule has 0 saturated heterocycles. The summed E-state index contributed by atoms with van der Waals surface area (Å²) in [5, 5.41) is 0. The van der Waals surface area contributed by atoms with Crippen LogP contribution in [0.25, 0.3) is 5.57 Å². The normalized spacial score (nSPS) is 12.4. The molecule has 1 aromatic rings. The number of aliphatic imine (C=N–C) groups is 1. The lowest BCUT2D eigenvalue weighted by Gasteiger charge is -2.15. The van der Waals surface area contributed by atoms with Crippen molar-refractivity contribution in [2.45, 2.75) is 33.4 Å². The quantitative estimate of drug-likeness (QED) is 0.530. The second-order valence-corrected chi connectivity index (χ2v) is 5.34. The molecular weight excluding hydrogens is 237 g/mol. The first-order chi connectivity index (χ1) is 8.71. The maximum atomic E-state index is 13.6. The molecule has 0 unspecified atom stereocenters. The number of benzene rings is 1. The molecule has 0 amide bonds. The van der Waals surface area contributed by atoms with E-state index in [2.05, 4.69) is 18.2 Å². The largest absolute Gasteiger partial charge is 0.285 e. The van der Waals surface area contributed by atoms with E-state index in [1.165, 1.54) is 13.8 Å². The van der Waals surface area contributed by atoms with Gasteiger partial charge in [0.25, 0.3) is 0 Å². The van der Waals surface area contributed by atoms with Gasteiger partial charge in [-0.2, -0.15) is 0 Å². The topological polar surface area (TPSA) is 12.4 Å². The van der Waals surface area contributed by atoms with Crippen molar-refractivity contribution < 1.29 is 4.39 Å². The maximum absolute atomic E-state index is 13.6. The van der Waals surface area contributed by atoms with Gasteiger partial charge in [-0.05, 0) is 44.4 Å². The fourth-order valence-corrected chi connectivity index (χ4v) is 1.49. The molecule has 0 heterocycles. The molecule has 0 atom stereocenters. The van der Waals surface area contributed by atoms with Crippen molar-refractivity contribution in [3.63, 3.8) is 0 Å². The first-order valence-corrected chi connectivity index (χ1v) is 6.36. The number of nitrogens with zero attached hydrogens (tertiary/aromatic N) is 1. The highest BCUT2D eigenvalue weighted by molar-refractivity contribution is 5.99. The number of halogens is 1. The average molecular weight is 259 g/mol. The summed E-state index contributed by atoms with van der Waals surface area (Å²) < 4.78 is 13.6. The zero-order valence-corrected chi connectivity index (χ0v) is 12.3. The smallest absolute Gasteiger partial charge is 0.128 e. The number of rotatable bonds is 5. The van der Waals surface area contributed by atoms with Gasteiger partial charge >= 0.3 is 0 Å². The predicted molar refractivity (Wildman–Crippen MR) is 82.6 cm³/mol. The summed E-state index contributed by atoms with van der Waals surface area (Å²) in [6.07, 6.45) is 0. The van der Waals surface area contributed by atoms with Crippen LogP contribution in [0.3, 0.4) is 0 Å². The Balaban J connectivity index is 2.80. The lowest BCUT2D eigenvalue weighted by atomic mass is 10.0. The molecule has 1 aromatic carbocycles. The maximum Gasteiger partial charge on any atom is 0.128 e. The Hall–Kier alpha value is -1.70. The van der Waals surface area contributed by atoms with Gasteiger partial charge in [0.15, 0.2) is 0 Å². The van der Waals surface area contributed by atoms with Crippen molar-refractivity contribution >= 4 is 11.3 Å². The molecule has 1 nitrogen and oxygen atoms in total. The van der Waals surface area contributed by atoms with E-state index in [1.54, 1.807) is 0 Å². The van der Waals surface area contributed by atoms with Crippen LogP contribution < -0.4 is 0 Å². The Kier molecular flexibility index (Phi) is 4.82. The van der Waals surface area contributed by atoms with Gasteiger partial charge in [0.2, 0.25) is 0 Å². The van der Waals surface area contributed by atoms with Gasteiger partial charge < -0.3 is 0 Å². The second kappa shape index (κ2) is 5.96. The molecule has 1 rings (SSSR count). The zero-order chi connectivity index (χ0) is 14.6. The van der Waals surface area contributed by atoms with E-state index in [0.717, 1.165) is 22.4 Å². The van der Waals surface area contributed by atoms with E-state index in [9.17, 15) is 4.39 Å². The monoisotopic (exact) mass is 259 g/mol. The standard InChI is InChI=1S/C17H22FN/c1-12(2)15-7-9-16(10-8-15)14(4)19-11-13(3)17(5,6)18/h7-10H,1,3,11H2,2,4-6H3. The molecule has 0 aliphatic carbocycles. The van der Waals surface area contributed by atoms with Crippen LogP contribution in [0.4, 0.5) is 4.39 Å². The Morgan fingerprint density at radius 2 is 1.58 bits per heavy atom. The van der Waals surface area contributed by atoms with Crippen LogP contribution in [0, 0.1) is 0 Å². The van der Waals surface area contributed by atoms with Crippen LogP contribution >= 0.6 is 0 Å². The number of allylic oxidation sites excluding steroid dienone is 1. The predicted octanol–water partition coefficient (Wildman–Crippen LogP) is 4.83. The van der Waals surface area contributed by atoms with Gasteiger partial charge in [0, 0.05) is 5.71 Å². The third kappa shape index (κ3) is 4.47. The van der Waals surface area contributed by atoms with Crippen LogP contribution in [-0.4, -0.2) is 17.9 Å². The fourth-order valence-electron chi connectivity index (χ4n) is 1.49. The molecule has 0 spiro atoms. The summed E-state index contributed by atoms with van der Waals surface area (Å²) in [4.78, 5) is 4.39. The van der Waals surface area contributed by atoms with E-state index >= 15 is 0 Å². The number of hydrogen-bond acceptors (Lipinski definition) is 1. The van der Waals surface area contributed by atoms with E-state index in [-0.39, 0.29) is 0 Å². The number of hydrogen-bond donors (Lipinski definition) is 0. The van der Waals surface area contributed by atoms with E-state index in [0.29, 0.717) is 12.1 Å². The highest BCUT2D eigenvalue weighted by atomic mass is 19.1. The first kappa shape index (κ1) is 15.4. The second-order valence-electron chi connectivity index (χ2n) is 5.34. The Bertz CT molecular complexity index is 501. The Labute approximate surface area is 115 Å². The van der Waals surface area contributed by atoms with Gasteiger partial charge in [-0.3, -0.25) is 4.99 Å². The Morgan fingerprint density at radius 3 is 2.00 bits per heavy atom. The third-order valence-corrected chi connectivity index (χ3v) is 3.14. The van der Waals surface area contributed by atoms with Crippen molar-refractivity contribution in [2.24, 2.45) is 4.99 Å². The molecule has 2 heteroatoms. The molecule has 0 bridgehead atoms. The molecule has 0 N–H and O–H groups in total. The lowest BCUT2D eigenvalue weighted by molar-refractivity contribution is 0.266. The van der Waals surface area contributed by atoms with Gasteiger partial charge in [0.05, 0.1) is 6.54 Å². The molecule has 0 aromatic heterocycles. The van der Waals surface area contributed by atoms with Crippen molar-refractivity contribution in [3.8, 4) is 0 Å². The Morgan fingerprint density at radius 1 is 1.11 bits per heavy atom. The minimum Gasteiger partial charge on any atom is -0.285 e. The summed E-state index contributed by atoms with van der Waals surface area (Å²) in [6.45, 7) is 14.9. The summed E-state index contributed by atoms with van der Waals surface area (Å²) >= 11 is 0. The van der Waals surface area contributed by atoms with E-state index in [1.807, 2.05) is 38.1 Å². The molecular formula is C17H22FN. The molecule has 0 saturated carbocycles. The molecule has 0 radical (unpaired) electrons. The SMILES string of the molecule is C=C(C)c1ccc(C(C)=NCC(=C)C(C)(C)F)cc1. The van der Waals surface area contributed by atoms with Crippen molar-refractivity contribution in [1.82, 2.24) is 0 Å². The van der Waals surface area contributed by atoms with Crippen LogP contribution in [0.1, 0.15) is 38.8 Å². The van der Waals surface area contributed by atoms with Crippen LogP contribution in [-0.2, 0) is 0 Å². The van der Waals surface area contributed by atoms with Gasteiger partial charge in [0.1, 0.15) is 5.67 Å². The first-order valence-electron chi connectivity index (χ1n) is 6.36. The highest BCUT2D eigenvalue weighted by Crippen LogP contribution is 2.19.